The molecule has 3 nitrogen and oxygen atoms in total. The standard InChI is InChI=1S/C10H16N2O/c1-6(2)10-12-8-4-3-7(11)5-9(8)13-10/h6-7H,3-5,11H2,1-2H3. The van der Waals surface area contributed by atoms with Crippen molar-refractivity contribution in [3.8, 4) is 0 Å². The van der Waals surface area contributed by atoms with Gasteiger partial charge in [-0.05, 0) is 12.8 Å². The molecule has 1 aromatic rings. The Bertz CT molecular complexity index is 304. The predicted molar refractivity (Wildman–Crippen MR) is 50.6 cm³/mol. The Labute approximate surface area is 78.3 Å². The van der Waals surface area contributed by atoms with E-state index in [1.807, 2.05) is 0 Å². The molecular formula is C10H16N2O. The van der Waals surface area contributed by atoms with E-state index in [-0.39, 0.29) is 6.04 Å². The molecule has 0 aromatic carbocycles. The molecule has 1 aliphatic carbocycles. The summed E-state index contributed by atoms with van der Waals surface area (Å²) in [5.41, 5.74) is 6.98. The molecule has 1 heterocycles. The van der Waals surface area contributed by atoms with Gasteiger partial charge in [0.1, 0.15) is 5.76 Å². The van der Waals surface area contributed by atoms with Gasteiger partial charge < -0.3 is 10.2 Å². The smallest absolute Gasteiger partial charge is 0.197 e. The van der Waals surface area contributed by atoms with Gasteiger partial charge in [-0.2, -0.15) is 0 Å². The van der Waals surface area contributed by atoms with Crippen LogP contribution in [-0.2, 0) is 12.8 Å². The highest BCUT2D eigenvalue weighted by Gasteiger charge is 2.22. The van der Waals surface area contributed by atoms with Crippen LogP contribution in [0.2, 0.25) is 0 Å². The Hall–Kier alpha value is -0.830. The maximum atomic E-state index is 5.85. The maximum Gasteiger partial charge on any atom is 0.197 e. The van der Waals surface area contributed by atoms with Crippen molar-refractivity contribution in [2.45, 2.75) is 45.1 Å². The Kier molecular flexibility index (Phi) is 2.12. The molecule has 2 N–H and O–H groups in total. The van der Waals surface area contributed by atoms with E-state index >= 15 is 0 Å². The molecule has 2 rings (SSSR count). The van der Waals surface area contributed by atoms with Crippen LogP contribution in [0.1, 0.15) is 43.5 Å². The summed E-state index contributed by atoms with van der Waals surface area (Å²) in [4.78, 5) is 4.46. The number of aromatic nitrogens is 1. The zero-order valence-electron chi connectivity index (χ0n) is 8.21. The van der Waals surface area contributed by atoms with Crippen LogP contribution in [0.15, 0.2) is 4.42 Å². The third kappa shape index (κ3) is 1.61. The van der Waals surface area contributed by atoms with Crippen LogP contribution in [0.25, 0.3) is 0 Å². The molecular weight excluding hydrogens is 164 g/mol. The lowest BCUT2D eigenvalue weighted by Crippen LogP contribution is -2.27. The first kappa shape index (κ1) is 8.75. The van der Waals surface area contributed by atoms with Gasteiger partial charge in [0.15, 0.2) is 5.89 Å². The van der Waals surface area contributed by atoms with Crippen LogP contribution in [-0.4, -0.2) is 11.0 Å². The zero-order valence-corrected chi connectivity index (χ0v) is 8.21. The lowest BCUT2D eigenvalue weighted by Gasteiger charge is -2.14. The summed E-state index contributed by atoms with van der Waals surface area (Å²) in [6.07, 6.45) is 2.87. The fourth-order valence-electron chi connectivity index (χ4n) is 1.67. The number of rotatable bonds is 1. The minimum Gasteiger partial charge on any atom is -0.445 e. The minimum atomic E-state index is 0.264. The molecule has 0 bridgehead atoms. The van der Waals surface area contributed by atoms with Crippen molar-refractivity contribution in [3.05, 3.63) is 17.3 Å². The number of nitrogens with zero attached hydrogens (tertiary/aromatic N) is 1. The Morgan fingerprint density at radius 1 is 1.54 bits per heavy atom. The van der Waals surface area contributed by atoms with Crippen LogP contribution in [0.3, 0.4) is 0 Å². The van der Waals surface area contributed by atoms with E-state index in [0.29, 0.717) is 5.92 Å². The second kappa shape index (κ2) is 3.14. The fourth-order valence-corrected chi connectivity index (χ4v) is 1.67. The second-order valence-electron chi connectivity index (χ2n) is 4.08. The largest absolute Gasteiger partial charge is 0.445 e. The van der Waals surface area contributed by atoms with E-state index in [1.54, 1.807) is 0 Å². The first-order valence-electron chi connectivity index (χ1n) is 4.91. The minimum absolute atomic E-state index is 0.264. The van der Waals surface area contributed by atoms with Gasteiger partial charge in [0.25, 0.3) is 0 Å². The number of aryl methyl sites for hydroxylation is 1. The molecule has 3 heteroatoms. The van der Waals surface area contributed by atoms with Gasteiger partial charge in [-0.1, -0.05) is 13.8 Å². The van der Waals surface area contributed by atoms with Crippen molar-refractivity contribution in [1.29, 1.82) is 0 Å². The molecule has 1 atom stereocenters. The summed E-state index contributed by atoms with van der Waals surface area (Å²) in [7, 11) is 0. The second-order valence-corrected chi connectivity index (χ2v) is 4.08. The molecule has 0 saturated heterocycles. The third-order valence-corrected chi connectivity index (χ3v) is 2.49. The molecule has 1 unspecified atom stereocenters. The van der Waals surface area contributed by atoms with Crippen LogP contribution in [0.5, 0.6) is 0 Å². The lowest BCUT2D eigenvalue weighted by molar-refractivity contribution is 0.409. The van der Waals surface area contributed by atoms with Crippen molar-refractivity contribution in [3.63, 3.8) is 0 Å². The molecule has 13 heavy (non-hydrogen) atoms. The molecule has 0 saturated carbocycles. The fraction of sp³-hybridized carbons (Fsp3) is 0.700. The number of oxazole rings is 1. The van der Waals surface area contributed by atoms with Crippen LogP contribution in [0, 0.1) is 0 Å². The first-order valence-corrected chi connectivity index (χ1v) is 4.91. The molecule has 1 aliphatic rings. The number of hydrogen-bond acceptors (Lipinski definition) is 3. The molecule has 0 radical (unpaired) electrons. The number of nitrogens with two attached hydrogens (primary N) is 1. The van der Waals surface area contributed by atoms with E-state index in [9.17, 15) is 0 Å². The van der Waals surface area contributed by atoms with Crippen molar-refractivity contribution in [2.24, 2.45) is 5.73 Å². The van der Waals surface area contributed by atoms with Gasteiger partial charge in [0.05, 0.1) is 5.69 Å². The van der Waals surface area contributed by atoms with E-state index in [1.165, 1.54) is 0 Å². The lowest BCUT2D eigenvalue weighted by atomic mass is 9.98. The predicted octanol–water partition coefficient (Wildman–Crippen LogP) is 1.61. The molecule has 0 fully saturated rings. The third-order valence-electron chi connectivity index (χ3n) is 2.49. The average molecular weight is 180 g/mol. The van der Waals surface area contributed by atoms with Crippen LogP contribution in [0.4, 0.5) is 0 Å². The van der Waals surface area contributed by atoms with Crippen molar-refractivity contribution in [2.75, 3.05) is 0 Å². The summed E-state index contributed by atoms with van der Waals surface area (Å²) >= 11 is 0. The summed E-state index contributed by atoms with van der Waals surface area (Å²) < 4.78 is 5.65. The summed E-state index contributed by atoms with van der Waals surface area (Å²) in [6.45, 7) is 4.19. The van der Waals surface area contributed by atoms with Crippen LogP contribution < -0.4 is 5.73 Å². The average Bonchev–Trinajstić information content (AvgIpc) is 2.46. The zero-order chi connectivity index (χ0) is 9.42. The highest BCUT2D eigenvalue weighted by atomic mass is 16.4. The van der Waals surface area contributed by atoms with Gasteiger partial charge in [-0.3, -0.25) is 0 Å². The monoisotopic (exact) mass is 180 g/mol. The Balaban J connectivity index is 2.28. The summed E-state index contributed by atoms with van der Waals surface area (Å²) in [5, 5.41) is 0. The van der Waals surface area contributed by atoms with Gasteiger partial charge >= 0.3 is 0 Å². The van der Waals surface area contributed by atoms with E-state index in [4.69, 9.17) is 10.2 Å². The molecule has 0 spiro atoms. The maximum absolute atomic E-state index is 5.85. The Morgan fingerprint density at radius 2 is 2.31 bits per heavy atom. The van der Waals surface area contributed by atoms with Gasteiger partial charge in [0.2, 0.25) is 0 Å². The normalized spacial score (nSPS) is 22.0. The summed E-state index contributed by atoms with van der Waals surface area (Å²) in [5.74, 6) is 2.25. The molecule has 0 amide bonds. The van der Waals surface area contributed by atoms with Crippen LogP contribution >= 0.6 is 0 Å². The number of fused-ring (bicyclic) bond motifs is 1. The molecule has 72 valence electrons. The molecule has 1 aromatic heterocycles. The topological polar surface area (TPSA) is 52.0 Å². The van der Waals surface area contributed by atoms with Gasteiger partial charge in [0, 0.05) is 18.4 Å². The van der Waals surface area contributed by atoms with Gasteiger partial charge in [-0.25, -0.2) is 4.98 Å². The SMILES string of the molecule is CC(C)c1nc2c(o1)CC(N)CC2. The van der Waals surface area contributed by atoms with E-state index in [0.717, 1.165) is 36.6 Å². The highest BCUT2D eigenvalue weighted by molar-refractivity contribution is 5.16. The van der Waals surface area contributed by atoms with Crippen molar-refractivity contribution >= 4 is 0 Å². The quantitative estimate of drug-likeness (QED) is 0.714. The van der Waals surface area contributed by atoms with Crippen molar-refractivity contribution < 1.29 is 4.42 Å². The van der Waals surface area contributed by atoms with Crippen molar-refractivity contribution in [1.82, 2.24) is 4.98 Å². The first-order chi connectivity index (χ1) is 6.16. The Morgan fingerprint density at radius 3 is 3.00 bits per heavy atom. The number of hydrogen-bond donors (Lipinski definition) is 1. The van der Waals surface area contributed by atoms with Gasteiger partial charge in [-0.15, -0.1) is 0 Å². The van der Waals surface area contributed by atoms with E-state index in [2.05, 4.69) is 18.8 Å². The highest BCUT2D eigenvalue weighted by Crippen LogP contribution is 2.24. The molecule has 0 aliphatic heterocycles. The summed E-state index contributed by atoms with van der Waals surface area (Å²) in [6, 6.07) is 0.264. The van der Waals surface area contributed by atoms with E-state index < -0.39 is 0 Å².